The number of likely N-dealkylation sites (N-methyl/N-ethyl adjacent to an activating group) is 1. The molecule has 0 amide bonds. The molecule has 1 heteroatoms. The molecule has 0 radical (unpaired) electrons. The van der Waals surface area contributed by atoms with Gasteiger partial charge in [-0.05, 0) is 13.0 Å². The number of rotatable bonds is 1. The van der Waals surface area contributed by atoms with E-state index in [2.05, 4.69) is 37.8 Å². The van der Waals surface area contributed by atoms with Gasteiger partial charge in [-0.25, -0.2) is 0 Å². The standard InChI is InChI=1S/C7H13N.C3H8/c1-2-8-6-4-3-5-7-8;1-3-2/h3-4H,2,5-7H2,1H3;3H2,1-2H3. The molecular formula is C10H21N. The summed E-state index contributed by atoms with van der Waals surface area (Å²) < 4.78 is 0. The van der Waals surface area contributed by atoms with Crippen LogP contribution >= 0.6 is 0 Å². The van der Waals surface area contributed by atoms with Gasteiger partial charge in [0.05, 0.1) is 0 Å². The van der Waals surface area contributed by atoms with Gasteiger partial charge in [0.1, 0.15) is 0 Å². The molecule has 0 fully saturated rings. The van der Waals surface area contributed by atoms with Gasteiger partial charge in [-0.3, -0.25) is 4.90 Å². The summed E-state index contributed by atoms with van der Waals surface area (Å²) >= 11 is 0. The lowest BCUT2D eigenvalue weighted by Gasteiger charge is -2.20. The SMILES string of the molecule is CCC.CCN1CC=CCC1. The molecule has 0 aliphatic carbocycles. The van der Waals surface area contributed by atoms with Crippen LogP contribution in [-0.4, -0.2) is 24.5 Å². The fourth-order valence-corrected chi connectivity index (χ4v) is 0.977. The zero-order valence-electron chi connectivity index (χ0n) is 8.14. The lowest BCUT2D eigenvalue weighted by Crippen LogP contribution is -2.26. The normalized spacial score (nSPS) is 17.4. The Hall–Kier alpha value is -0.300. The number of hydrogen-bond donors (Lipinski definition) is 0. The summed E-state index contributed by atoms with van der Waals surface area (Å²) in [5.41, 5.74) is 0. The lowest BCUT2D eigenvalue weighted by atomic mass is 10.2. The van der Waals surface area contributed by atoms with Gasteiger partial charge in [0.25, 0.3) is 0 Å². The smallest absolute Gasteiger partial charge is 0.0163 e. The van der Waals surface area contributed by atoms with Crippen molar-refractivity contribution in [3.8, 4) is 0 Å². The Kier molecular flexibility index (Phi) is 7.59. The predicted octanol–water partition coefficient (Wildman–Crippen LogP) is 2.68. The molecule has 0 spiro atoms. The van der Waals surface area contributed by atoms with Crippen molar-refractivity contribution in [2.75, 3.05) is 19.6 Å². The Bertz CT molecular complexity index is 97.0. The van der Waals surface area contributed by atoms with Crippen LogP contribution in [0.15, 0.2) is 12.2 Å². The Balaban J connectivity index is 0.000000292. The molecule has 1 nitrogen and oxygen atoms in total. The summed E-state index contributed by atoms with van der Waals surface area (Å²) in [5, 5.41) is 0. The van der Waals surface area contributed by atoms with Gasteiger partial charge in [-0.1, -0.05) is 39.3 Å². The zero-order valence-corrected chi connectivity index (χ0v) is 8.14. The quantitative estimate of drug-likeness (QED) is 0.526. The zero-order chi connectivity index (χ0) is 8.53. The molecule has 0 saturated heterocycles. The van der Waals surface area contributed by atoms with E-state index in [4.69, 9.17) is 0 Å². The van der Waals surface area contributed by atoms with E-state index in [9.17, 15) is 0 Å². The summed E-state index contributed by atoms with van der Waals surface area (Å²) in [5.74, 6) is 0. The van der Waals surface area contributed by atoms with Crippen LogP contribution in [0.5, 0.6) is 0 Å². The van der Waals surface area contributed by atoms with Crippen LogP contribution in [0.2, 0.25) is 0 Å². The molecule has 0 atom stereocenters. The van der Waals surface area contributed by atoms with E-state index in [1.54, 1.807) is 0 Å². The van der Waals surface area contributed by atoms with E-state index < -0.39 is 0 Å². The van der Waals surface area contributed by atoms with Crippen LogP contribution in [0, 0.1) is 0 Å². The topological polar surface area (TPSA) is 3.24 Å². The van der Waals surface area contributed by atoms with Crippen molar-refractivity contribution in [2.45, 2.75) is 33.6 Å². The van der Waals surface area contributed by atoms with Gasteiger partial charge in [-0.15, -0.1) is 0 Å². The first-order valence-corrected chi connectivity index (χ1v) is 4.72. The molecule has 0 aromatic rings. The monoisotopic (exact) mass is 155 g/mol. The molecule has 0 aromatic heterocycles. The van der Waals surface area contributed by atoms with Gasteiger partial charge in [0.2, 0.25) is 0 Å². The predicted molar refractivity (Wildman–Crippen MR) is 51.8 cm³/mol. The van der Waals surface area contributed by atoms with Crippen molar-refractivity contribution in [3.05, 3.63) is 12.2 Å². The van der Waals surface area contributed by atoms with Crippen molar-refractivity contribution < 1.29 is 0 Å². The first kappa shape index (κ1) is 10.7. The Morgan fingerprint density at radius 3 is 2.09 bits per heavy atom. The molecule has 0 unspecified atom stereocenters. The molecule has 1 aliphatic heterocycles. The van der Waals surface area contributed by atoms with Crippen LogP contribution in [0.1, 0.15) is 33.6 Å². The van der Waals surface area contributed by atoms with Gasteiger partial charge >= 0.3 is 0 Å². The Labute approximate surface area is 71.1 Å². The maximum Gasteiger partial charge on any atom is 0.0163 e. The molecule has 0 N–H and O–H groups in total. The lowest BCUT2D eigenvalue weighted by molar-refractivity contribution is 0.315. The van der Waals surface area contributed by atoms with E-state index >= 15 is 0 Å². The van der Waals surface area contributed by atoms with E-state index in [-0.39, 0.29) is 0 Å². The van der Waals surface area contributed by atoms with Crippen LogP contribution in [0.4, 0.5) is 0 Å². The van der Waals surface area contributed by atoms with Crippen molar-refractivity contribution in [3.63, 3.8) is 0 Å². The van der Waals surface area contributed by atoms with E-state index in [0.29, 0.717) is 0 Å². The Morgan fingerprint density at radius 1 is 1.18 bits per heavy atom. The second-order valence-corrected chi connectivity index (χ2v) is 2.86. The fourth-order valence-electron chi connectivity index (χ4n) is 0.977. The highest BCUT2D eigenvalue weighted by atomic mass is 15.1. The molecule has 0 bridgehead atoms. The van der Waals surface area contributed by atoms with Crippen LogP contribution in [-0.2, 0) is 0 Å². The molecule has 0 aromatic carbocycles. The third kappa shape index (κ3) is 6.11. The summed E-state index contributed by atoms with van der Waals surface area (Å²) in [7, 11) is 0. The number of hydrogen-bond acceptors (Lipinski definition) is 1. The maximum absolute atomic E-state index is 2.43. The molecule has 0 saturated carbocycles. The Morgan fingerprint density at radius 2 is 1.82 bits per heavy atom. The van der Waals surface area contributed by atoms with Crippen LogP contribution in [0.3, 0.4) is 0 Å². The van der Waals surface area contributed by atoms with Crippen molar-refractivity contribution in [2.24, 2.45) is 0 Å². The molecule has 11 heavy (non-hydrogen) atoms. The van der Waals surface area contributed by atoms with Gasteiger partial charge < -0.3 is 0 Å². The third-order valence-electron chi connectivity index (χ3n) is 1.59. The van der Waals surface area contributed by atoms with Crippen LogP contribution in [0.25, 0.3) is 0 Å². The largest absolute Gasteiger partial charge is 0.300 e. The number of nitrogens with zero attached hydrogens (tertiary/aromatic N) is 1. The van der Waals surface area contributed by atoms with Crippen LogP contribution < -0.4 is 0 Å². The minimum atomic E-state index is 1.16. The highest BCUT2D eigenvalue weighted by Gasteiger charge is 2.00. The van der Waals surface area contributed by atoms with E-state index in [0.717, 1.165) is 6.54 Å². The summed E-state index contributed by atoms with van der Waals surface area (Å²) in [6.45, 7) is 10.1. The minimum Gasteiger partial charge on any atom is -0.300 e. The highest BCUT2D eigenvalue weighted by Crippen LogP contribution is 1.98. The molecule has 1 aliphatic rings. The van der Waals surface area contributed by atoms with Crippen molar-refractivity contribution >= 4 is 0 Å². The second-order valence-electron chi connectivity index (χ2n) is 2.86. The molecule has 1 heterocycles. The molecular weight excluding hydrogens is 134 g/mol. The second kappa shape index (κ2) is 7.80. The molecule has 1 rings (SSSR count). The van der Waals surface area contributed by atoms with Gasteiger partial charge in [0, 0.05) is 13.1 Å². The highest BCUT2D eigenvalue weighted by molar-refractivity contribution is 4.90. The third-order valence-corrected chi connectivity index (χ3v) is 1.59. The summed E-state index contributed by atoms with van der Waals surface area (Å²) in [4.78, 5) is 2.43. The van der Waals surface area contributed by atoms with Crippen molar-refractivity contribution in [1.29, 1.82) is 0 Å². The van der Waals surface area contributed by atoms with Gasteiger partial charge in [0.15, 0.2) is 0 Å². The van der Waals surface area contributed by atoms with E-state index in [1.165, 1.54) is 25.9 Å². The van der Waals surface area contributed by atoms with E-state index in [1.807, 2.05) is 0 Å². The minimum absolute atomic E-state index is 1.16. The fraction of sp³-hybridized carbons (Fsp3) is 0.800. The maximum atomic E-state index is 2.43. The first-order chi connectivity index (χ1) is 5.35. The molecule has 66 valence electrons. The summed E-state index contributed by atoms with van der Waals surface area (Å²) in [6.07, 6.45) is 6.99. The van der Waals surface area contributed by atoms with Crippen molar-refractivity contribution in [1.82, 2.24) is 4.90 Å². The summed E-state index contributed by atoms with van der Waals surface area (Å²) in [6, 6.07) is 0. The van der Waals surface area contributed by atoms with Gasteiger partial charge in [-0.2, -0.15) is 0 Å². The average Bonchev–Trinajstić information content (AvgIpc) is 2.08. The first-order valence-electron chi connectivity index (χ1n) is 4.72. The average molecular weight is 155 g/mol.